The quantitative estimate of drug-likeness (QED) is 0.628. The number of anilines is 1. The van der Waals surface area contributed by atoms with Crippen LogP contribution in [-0.2, 0) is 4.79 Å². The fraction of sp³-hybridized carbons (Fsp3) is 0.250. The van der Waals surface area contributed by atoms with E-state index in [1.54, 1.807) is 6.92 Å². The minimum atomic E-state index is -0.340. The highest BCUT2D eigenvalue weighted by molar-refractivity contribution is 5.94. The first kappa shape index (κ1) is 19.0. The molecule has 0 N–H and O–H groups in total. The van der Waals surface area contributed by atoms with E-state index in [1.807, 2.05) is 88.6 Å². The molecule has 1 aliphatic heterocycles. The van der Waals surface area contributed by atoms with Gasteiger partial charge in [0.05, 0.1) is 0 Å². The molecular formula is C24H25N3O2. The van der Waals surface area contributed by atoms with Crippen molar-refractivity contribution in [3.8, 4) is 0 Å². The summed E-state index contributed by atoms with van der Waals surface area (Å²) in [6, 6.07) is 21.2. The van der Waals surface area contributed by atoms with Gasteiger partial charge >= 0.3 is 0 Å². The van der Waals surface area contributed by atoms with Gasteiger partial charge < -0.3 is 14.4 Å². The molecule has 0 bridgehead atoms. The Hall–Kier alpha value is -3.34. The molecule has 0 saturated carbocycles. The molecule has 148 valence electrons. The molecule has 1 amide bonds. The van der Waals surface area contributed by atoms with Crippen molar-refractivity contribution < 1.29 is 9.59 Å². The number of aromatic nitrogens is 1. The van der Waals surface area contributed by atoms with Crippen LogP contribution in [0.4, 0.5) is 5.69 Å². The number of carbonyl (C=O) groups excluding carboxylic acids is 2. The molecule has 0 unspecified atom stereocenters. The lowest BCUT2D eigenvalue weighted by Gasteiger charge is -2.38. The van der Waals surface area contributed by atoms with Crippen molar-refractivity contribution >= 4 is 17.4 Å². The first-order chi connectivity index (χ1) is 14.1. The molecule has 2 heterocycles. The van der Waals surface area contributed by atoms with Gasteiger partial charge in [0, 0.05) is 49.8 Å². The van der Waals surface area contributed by atoms with Gasteiger partial charge in [-0.05, 0) is 48.9 Å². The lowest BCUT2D eigenvalue weighted by atomic mass is 10.0. The number of ketones is 1. The SMILES string of the molecule is CC(=O)c1ccc(N2CCN(C(=O)[C@H](c3ccccc3)n3cccc3)CC2)cc1. The summed E-state index contributed by atoms with van der Waals surface area (Å²) in [4.78, 5) is 29.1. The Labute approximate surface area is 171 Å². The molecule has 0 radical (unpaired) electrons. The molecule has 1 atom stereocenters. The Balaban J connectivity index is 1.47. The van der Waals surface area contributed by atoms with E-state index in [-0.39, 0.29) is 17.7 Å². The lowest BCUT2D eigenvalue weighted by Crippen LogP contribution is -2.50. The largest absolute Gasteiger partial charge is 0.368 e. The zero-order valence-corrected chi connectivity index (χ0v) is 16.6. The van der Waals surface area contributed by atoms with Crippen molar-refractivity contribution in [1.82, 2.24) is 9.47 Å². The average Bonchev–Trinajstić information content (AvgIpc) is 3.29. The third kappa shape index (κ3) is 4.09. The van der Waals surface area contributed by atoms with Crippen LogP contribution in [0.2, 0.25) is 0 Å². The minimum Gasteiger partial charge on any atom is -0.368 e. The first-order valence-corrected chi connectivity index (χ1v) is 9.95. The van der Waals surface area contributed by atoms with Gasteiger partial charge in [-0.2, -0.15) is 0 Å². The summed E-state index contributed by atoms with van der Waals surface area (Å²) in [6.07, 6.45) is 3.89. The topological polar surface area (TPSA) is 45.6 Å². The Morgan fingerprint density at radius 2 is 1.41 bits per heavy atom. The smallest absolute Gasteiger partial charge is 0.250 e. The van der Waals surface area contributed by atoms with E-state index in [0.717, 1.165) is 29.9 Å². The molecule has 5 heteroatoms. The van der Waals surface area contributed by atoms with Crippen molar-refractivity contribution in [2.75, 3.05) is 31.1 Å². The highest BCUT2D eigenvalue weighted by atomic mass is 16.2. The van der Waals surface area contributed by atoms with E-state index in [2.05, 4.69) is 4.90 Å². The van der Waals surface area contributed by atoms with Crippen LogP contribution in [0.15, 0.2) is 79.1 Å². The van der Waals surface area contributed by atoms with Gasteiger partial charge in [-0.15, -0.1) is 0 Å². The van der Waals surface area contributed by atoms with Gasteiger partial charge in [0.25, 0.3) is 0 Å². The van der Waals surface area contributed by atoms with Crippen LogP contribution in [0, 0.1) is 0 Å². The van der Waals surface area contributed by atoms with E-state index in [1.165, 1.54) is 0 Å². The van der Waals surface area contributed by atoms with Gasteiger partial charge in [-0.1, -0.05) is 30.3 Å². The first-order valence-electron chi connectivity index (χ1n) is 9.95. The minimum absolute atomic E-state index is 0.0731. The van der Waals surface area contributed by atoms with E-state index < -0.39 is 0 Å². The predicted octanol–water partition coefficient (Wildman–Crippen LogP) is 3.63. The van der Waals surface area contributed by atoms with Crippen LogP contribution in [0.3, 0.4) is 0 Å². The van der Waals surface area contributed by atoms with Crippen molar-refractivity contribution in [2.45, 2.75) is 13.0 Å². The summed E-state index contributed by atoms with van der Waals surface area (Å²) < 4.78 is 1.98. The molecule has 0 spiro atoms. The molecule has 1 aliphatic rings. The highest BCUT2D eigenvalue weighted by Gasteiger charge is 2.29. The molecule has 3 aromatic rings. The van der Waals surface area contributed by atoms with Crippen LogP contribution in [-0.4, -0.2) is 47.3 Å². The third-order valence-corrected chi connectivity index (χ3v) is 5.51. The number of nitrogens with zero attached hydrogens (tertiary/aromatic N) is 3. The Bertz CT molecular complexity index is 957. The fourth-order valence-corrected chi connectivity index (χ4v) is 3.86. The molecule has 2 aromatic carbocycles. The number of hydrogen-bond donors (Lipinski definition) is 0. The summed E-state index contributed by atoms with van der Waals surface area (Å²) in [7, 11) is 0. The van der Waals surface area contributed by atoms with E-state index >= 15 is 0 Å². The number of piperazine rings is 1. The van der Waals surface area contributed by atoms with Gasteiger partial charge in [-0.3, -0.25) is 9.59 Å². The number of Topliss-reactive ketones (excluding diaryl/α,β-unsaturated/α-hetero) is 1. The van der Waals surface area contributed by atoms with Gasteiger partial charge in [0.1, 0.15) is 6.04 Å². The molecule has 29 heavy (non-hydrogen) atoms. The van der Waals surface area contributed by atoms with Gasteiger partial charge in [0.15, 0.2) is 5.78 Å². The maximum atomic E-state index is 13.4. The molecule has 5 nitrogen and oxygen atoms in total. The molecule has 4 rings (SSSR count). The van der Waals surface area contributed by atoms with Crippen LogP contribution in [0.5, 0.6) is 0 Å². The molecular weight excluding hydrogens is 362 g/mol. The second-order valence-corrected chi connectivity index (χ2v) is 7.36. The van der Waals surface area contributed by atoms with E-state index in [4.69, 9.17) is 0 Å². The Morgan fingerprint density at radius 3 is 2.00 bits per heavy atom. The third-order valence-electron chi connectivity index (χ3n) is 5.51. The molecule has 1 saturated heterocycles. The maximum Gasteiger partial charge on any atom is 0.250 e. The Kier molecular flexibility index (Phi) is 5.47. The second kappa shape index (κ2) is 8.35. The Morgan fingerprint density at radius 1 is 0.793 bits per heavy atom. The summed E-state index contributed by atoms with van der Waals surface area (Å²) >= 11 is 0. The number of benzene rings is 2. The summed E-state index contributed by atoms with van der Waals surface area (Å²) in [5.74, 6) is 0.197. The normalized spacial score (nSPS) is 15.2. The van der Waals surface area contributed by atoms with Crippen molar-refractivity contribution in [3.05, 3.63) is 90.3 Å². The standard InChI is InChI=1S/C24H25N3O2/c1-19(28)20-9-11-22(12-10-20)25-15-17-27(18-16-25)24(29)23(26-13-5-6-14-26)21-7-3-2-4-8-21/h2-14,23H,15-18H2,1H3/t23-/m0/s1. The average molecular weight is 387 g/mol. The summed E-state index contributed by atoms with van der Waals surface area (Å²) in [5.41, 5.74) is 2.81. The zero-order chi connectivity index (χ0) is 20.2. The second-order valence-electron chi connectivity index (χ2n) is 7.36. The highest BCUT2D eigenvalue weighted by Crippen LogP contribution is 2.23. The van der Waals surface area contributed by atoms with E-state index in [9.17, 15) is 9.59 Å². The maximum absolute atomic E-state index is 13.4. The van der Waals surface area contributed by atoms with Crippen LogP contribution in [0.1, 0.15) is 28.9 Å². The van der Waals surface area contributed by atoms with Gasteiger partial charge in [0.2, 0.25) is 5.91 Å². The monoisotopic (exact) mass is 387 g/mol. The van der Waals surface area contributed by atoms with Crippen LogP contribution < -0.4 is 4.90 Å². The van der Waals surface area contributed by atoms with Crippen molar-refractivity contribution in [1.29, 1.82) is 0 Å². The van der Waals surface area contributed by atoms with Crippen LogP contribution in [0.25, 0.3) is 0 Å². The zero-order valence-electron chi connectivity index (χ0n) is 16.6. The van der Waals surface area contributed by atoms with Crippen molar-refractivity contribution in [3.63, 3.8) is 0 Å². The predicted molar refractivity (Wildman–Crippen MR) is 114 cm³/mol. The molecule has 1 fully saturated rings. The lowest BCUT2D eigenvalue weighted by molar-refractivity contribution is -0.133. The number of rotatable bonds is 5. The number of hydrogen-bond acceptors (Lipinski definition) is 3. The summed E-state index contributed by atoms with van der Waals surface area (Å²) in [5, 5.41) is 0. The van der Waals surface area contributed by atoms with Gasteiger partial charge in [-0.25, -0.2) is 0 Å². The number of amides is 1. The number of carbonyl (C=O) groups is 2. The van der Waals surface area contributed by atoms with Crippen LogP contribution >= 0.6 is 0 Å². The molecule has 0 aliphatic carbocycles. The molecule has 1 aromatic heterocycles. The summed E-state index contributed by atoms with van der Waals surface area (Å²) in [6.45, 7) is 4.49. The van der Waals surface area contributed by atoms with E-state index in [0.29, 0.717) is 13.1 Å². The van der Waals surface area contributed by atoms with Crippen molar-refractivity contribution in [2.24, 2.45) is 0 Å². The fourth-order valence-electron chi connectivity index (χ4n) is 3.86.